The minimum absolute atomic E-state index is 0.114. The molecule has 158 valence electrons. The molecule has 0 aromatic heterocycles. The van der Waals surface area contributed by atoms with Gasteiger partial charge >= 0.3 is 0 Å². The third-order valence-corrected chi connectivity index (χ3v) is 4.83. The number of ketones is 1. The number of carbonyl (C=O) groups excluding carboxylic acids is 3. The van der Waals surface area contributed by atoms with Gasteiger partial charge in [0.15, 0.2) is 19.0 Å². The molecule has 8 nitrogen and oxygen atoms in total. The molecule has 1 heterocycles. The summed E-state index contributed by atoms with van der Waals surface area (Å²) in [6.45, 7) is 1.94. The number of fused-ring (bicyclic) bond motifs is 1. The van der Waals surface area contributed by atoms with Gasteiger partial charge in [-0.3, -0.25) is 19.3 Å². The molecule has 0 unspecified atom stereocenters. The van der Waals surface area contributed by atoms with Crippen LogP contribution in [0.4, 0.5) is 5.69 Å². The van der Waals surface area contributed by atoms with Crippen LogP contribution in [0, 0.1) is 0 Å². The van der Waals surface area contributed by atoms with Gasteiger partial charge in [0.25, 0.3) is 5.91 Å². The Kier molecular flexibility index (Phi) is 6.56. The SMILES string of the molecule is CCN(C)C(=O)CN1C(=O)COc2ccc(C(=O)COc3cccc(OC)c3)cc21. The first-order valence-corrected chi connectivity index (χ1v) is 9.54. The van der Waals surface area contributed by atoms with E-state index >= 15 is 0 Å². The summed E-state index contributed by atoms with van der Waals surface area (Å²) in [6.07, 6.45) is 0. The summed E-state index contributed by atoms with van der Waals surface area (Å²) >= 11 is 0. The van der Waals surface area contributed by atoms with E-state index in [0.29, 0.717) is 35.0 Å². The highest BCUT2D eigenvalue weighted by Crippen LogP contribution is 2.33. The van der Waals surface area contributed by atoms with Gasteiger partial charge in [0.2, 0.25) is 5.91 Å². The Bertz CT molecular complexity index is 958. The lowest BCUT2D eigenvalue weighted by Crippen LogP contribution is -2.45. The first-order valence-electron chi connectivity index (χ1n) is 9.54. The number of nitrogens with zero attached hydrogens (tertiary/aromatic N) is 2. The van der Waals surface area contributed by atoms with Crippen LogP contribution in [0.25, 0.3) is 0 Å². The predicted molar refractivity (Wildman–Crippen MR) is 110 cm³/mol. The fraction of sp³-hybridized carbons (Fsp3) is 0.318. The Balaban J connectivity index is 1.76. The molecular weight excluding hydrogens is 388 g/mol. The number of hydrogen-bond donors (Lipinski definition) is 0. The largest absolute Gasteiger partial charge is 0.497 e. The molecule has 0 spiro atoms. The van der Waals surface area contributed by atoms with Crippen LogP contribution in [0.1, 0.15) is 17.3 Å². The summed E-state index contributed by atoms with van der Waals surface area (Å²) in [7, 11) is 3.22. The number of benzene rings is 2. The molecule has 0 aliphatic carbocycles. The van der Waals surface area contributed by atoms with Gasteiger partial charge in [-0.05, 0) is 37.3 Å². The number of rotatable bonds is 8. The summed E-state index contributed by atoms with van der Waals surface area (Å²) in [4.78, 5) is 40.2. The normalized spacial score (nSPS) is 12.6. The number of methoxy groups -OCH3 is 1. The van der Waals surface area contributed by atoms with Crippen molar-refractivity contribution >= 4 is 23.3 Å². The van der Waals surface area contributed by atoms with E-state index in [1.807, 2.05) is 6.92 Å². The van der Waals surface area contributed by atoms with Crippen molar-refractivity contribution in [2.24, 2.45) is 0 Å². The highest BCUT2D eigenvalue weighted by atomic mass is 16.5. The van der Waals surface area contributed by atoms with E-state index in [0.717, 1.165) is 0 Å². The fourth-order valence-corrected chi connectivity index (χ4v) is 2.90. The van der Waals surface area contributed by atoms with Gasteiger partial charge in [-0.25, -0.2) is 0 Å². The molecule has 0 saturated heterocycles. The van der Waals surface area contributed by atoms with E-state index in [4.69, 9.17) is 14.2 Å². The highest BCUT2D eigenvalue weighted by Gasteiger charge is 2.29. The van der Waals surface area contributed by atoms with Crippen molar-refractivity contribution in [3.05, 3.63) is 48.0 Å². The van der Waals surface area contributed by atoms with Crippen molar-refractivity contribution in [1.82, 2.24) is 4.90 Å². The minimum Gasteiger partial charge on any atom is -0.497 e. The van der Waals surface area contributed by atoms with Gasteiger partial charge in [-0.1, -0.05) is 6.07 Å². The maximum absolute atomic E-state index is 12.6. The van der Waals surface area contributed by atoms with Gasteiger partial charge in [-0.15, -0.1) is 0 Å². The topological polar surface area (TPSA) is 85.4 Å². The predicted octanol–water partition coefficient (Wildman–Crippen LogP) is 2.16. The molecule has 2 aromatic rings. The Morgan fingerprint density at radius 2 is 1.93 bits per heavy atom. The van der Waals surface area contributed by atoms with Crippen molar-refractivity contribution in [3.63, 3.8) is 0 Å². The zero-order valence-corrected chi connectivity index (χ0v) is 17.2. The molecule has 0 saturated carbocycles. The Labute approximate surface area is 174 Å². The molecule has 1 aliphatic rings. The molecule has 0 radical (unpaired) electrons. The zero-order chi connectivity index (χ0) is 21.7. The molecule has 1 aliphatic heterocycles. The second kappa shape index (κ2) is 9.30. The van der Waals surface area contributed by atoms with Crippen LogP contribution in [0.5, 0.6) is 17.2 Å². The third kappa shape index (κ3) is 4.71. The molecular formula is C22H24N2O6. The number of hydrogen-bond acceptors (Lipinski definition) is 6. The van der Waals surface area contributed by atoms with Crippen LogP contribution < -0.4 is 19.1 Å². The molecule has 30 heavy (non-hydrogen) atoms. The van der Waals surface area contributed by atoms with Crippen LogP contribution in [-0.4, -0.2) is 63.0 Å². The number of amides is 2. The van der Waals surface area contributed by atoms with E-state index < -0.39 is 0 Å². The van der Waals surface area contributed by atoms with Gasteiger partial charge in [-0.2, -0.15) is 0 Å². The van der Waals surface area contributed by atoms with Gasteiger partial charge < -0.3 is 19.1 Å². The standard InChI is InChI=1S/C22H24N2O6/c1-4-23(2)21(26)12-24-18-10-15(8-9-20(18)30-14-22(24)27)19(25)13-29-17-7-5-6-16(11-17)28-3/h5-11H,4,12-14H2,1-3H3. The molecule has 0 atom stereocenters. The number of anilines is 1. The van der Waals surface area contributed by atoms with E-state index in [2.05, 4.69) is 0 Å². The van der Waals surface area contributed by atoms with Crippen LogP contribution >= 0.6 is 0 Å². The second-order valence-electron chi connectivity index (χ2n) is 6.75. The molecule has 2 amide bonds. The number of Topliss-reactive ketones (excluding diaryl/α,β-unsaturated/α-hetero) is 1. The van der Waals surface area contributed by atoms with Crippen LogP contribution in [0.15, 0.2) is 42.5 Å². The van der Waals surface area contributed by atoms with Gasteiger partial charge in [0.1, 0.15) is 23.8 Å². The average molecular weight is 412 g/mol. The highest BCUT2D eigenvalue weighted by molar-refractivity contribution is 6.04. The first-order chi connectivity index (χ1) is 14.4. The van der Waals surface area contributed by atoms with Gasteiger partial charge in [0, 0.05) is 25.2 Å². The first kappa shape index (κ1) is 21.2. The molecule has 0 bridgehead atoms. The zero-order valence-electron chi connectivity index (χ0n) is 17.2. The van der Waals surface area contributed by atoms with Crippen LogP contribution in [0.2, 0.25) is 0 Å². The number of likely N-dealkylation sites (N-methyl/N-ethyl adjacent to an activating group) is 1. The van der Waals surface area contributed by atoms with Crippen molar-refractivity contribution in [3.8, 4) is 17.2 Å². The Morgan fingerprint density at radius 3 is 2.67 bits per heavy atom. The van der Waals surface area contributed by atoms with Gasteiger partial charge in [0.05, 0.1) is 12.8 Å². The van der Waals surface area contributed by atoms with E-state index in [9.17, 15) is 14.4 Å². The van der Waals surface area contributed by atoms with Crippen molar-refractivity contribution < 1.29 is 28.6 Å². The third-order valence-electron chi connectivity index (χ3n) is 4.83. The minimum atomic E-state index is -0.336. The van der Waals surface area contributed by atoms with Crippen LogP contribution in [-0.2, 0) is 9.59 Å². The molecule has 0 fully saturated rings. The van der Waals surface area contributed by atoms with Crippen LogP contribution in [0.3, 0.4) is 0 Å². The summed E-state index contributed by atoms with van der Waals surface area (Å²) in [5.74, 6) is 0.785. The monoisotopic (exact) mass is 412 g/mol. The summed E-state index contributed by atoms with van der Waals surface area (Å²) in [6, 6.07) is 11.8. The number of carbonyl (C=O) groups is 3. The molecule has 0 N–H and O–H groups in total. The van der Waals surface area contributed by atoms with E-state index in [1.54, 1.807) is 56.6 Å². The Hall–Kier alpha value is -3.55. The van der Waals surface area contributed by atoms with Crippen molar-refractivity contribution in [1.29, 1.82) is 0 Å². The maximum atomic E-state index is 12.6. The van der Waals surface area contributed by atoms with E-state index in [1.165, 1.54) is 9.80 Å². The Morgan fingerprint density at radius 1 is 1.17 bits per heavy atom. The lowest BCUT2D eigenvalue weighted by atomic mass is 10.1. The smallest absolute Gasteiger partial charge is 0.265 e. The summed E-state index contributed by atoms with van der Waals surface area (Å²) < 4.78 is 16.2. The molecule has 3 rings (SSSR count). The lowest BCUT2D eigenvalue weighted by molar-refractivity contribution is -0.130. The number of ether oxygens (including phenoxy) is 3. The summed E-state index contributed by atoms with van der Waals surface area (Å²) in [5.41, 5.74) is 0.757. The molecule has 2 aromatic carbocycles. The lowest BCUT2D eigenvalue weighted by Gasteiger charge is -2.30. The second-order valence-corrected chi connectivity index (χ2v) is 6.75. The quantitative estimate of drug-likeness (QED) is 0.618. The molecule has 8 heteroatoms. The fourth-order valence-electron chi connectivity index (χ4n) is 2.90. The van der Waals surface area contributed by atoms with Crippen molar-refractivity contribution in [2.75, 3.05) is 45.4 Å². The average Bonchev–Trinajstić information content (AvgIpc) is 2.78. The maximum Gasteiger partial charge on any atom is 0.265 e. The van der Waals surface area contributed by atoms with Crippen molar-refractivity contribution in [2.45, 2.75) is 6.92 Å². The summed E-state index contributed by atoms with van der Waals surface area (Å²) in [5, 5.41) is 0. The van der Waals surface area contributed by atoms with E-state index in [-0.39, 0.29) is 37.4 Å².